The maximum absolute atomic E-state index is 13.5. The van der Waals surface area contributed by atoms with Crippen molar-refractivity contribution in [2.45, 2.75) is 67.7 Å². The molecular formula is C25H38N4O5S. The lowest BCUT2D eigenvalue weighted by atomic mass is 9.42. The van der Waals surface area contributed by atoms with Gasteiger partial charge in [0.25, 0.3) is 5.91 Å². The standard InChI is InChI=1S/C25H38N4O5S/c1-28(6-8-30)20-4-5-29(15-20)7-9-35(32,33)25-13-17-10-19(11-18(14-25)23(17)25)26-24(31)21-12-22(34-27-21)16-2-3-16/h12,16-20,23,30H,2-11,13-15H2,1H3,(H,26,31)/t17-,18+,19?,20?,23?,25?. The van der Waals surface area contributed by atoms with E-state index in [0.717, 1.165) is 63.8 Å². The first-order valence-electron chi connectivity index (χ1n) is 13.3. The van der Waals surface area contributed by atoms with Crippen molar-refractivity contribution in [1.82, 2.24) is 20.3 Å². The Bertz CT molecular complexity index is 1050. The highest BCUT2D eigenvalue weighted by Crippen LogP contribution is 2.69. The highest BCUT2D eigenvalue weighted by molar-refractivity contribution is 7.93. The number of nitrogens with zero attached hydrogens (tertiary/aromatic N) is 3. The molecule has 1 aliphatic heterocycles. The van der Waals surface area contributed by atoms with E-state index in [1.807, 2.05) is 7.05 Å². The zero-order chi connectivity index (χ0) is 24.4. The molecule has 5 fully saturated rings. The number of hydrogen-bond acceptors (Lipinski definition) is 8. The van der Waals surface area contributed by atoms with E-state index in [0.29, 0.717) is 42.6 Å². The predicted molar refractivity (Wildman–Crippen MR) is 130 cm³/mol. The summed E-state index contributed by atoms with van der Waals surface area (Å²) >= 11 is 0. The molecule has 1 aromatic heterocycles. The molecule has 4 aliphatic carbocycles. The van der Waals surface area contributed by atoms with E-state index in [2.05, 4.69) is 20.3 Å². The van der Waals surface area contributed by atoms with Gasteiger partial charge in [-0.25, -0.2) is 8.42 Å². The molecule has 4 unspecified atom stereocenters. The van der Waals surface area contributed by atoms with Crippen molar-refractivity contribution in [1.29, 1.82) is 0 Å². The lowest BCUT2D eigenvalue weighted by molar-refractivity contribution is -0.106. The Morgan fingerprint density at radius 2 is 2.03 bits per heavy atom. The van der Waals surface area contributed by atoms with Gasteiger partial charge in [-0.1, -0.05) is 5.16 Å². The highest BCUT2D eigenvalue weighted by Gasteiger charge is 2.72. The summed E-state index contributed by atoms with van der Waals surface area (Å²) in [6.45, 7) is 3.22. The number of carbonyl (C=O) groups excluding carboxylic acids is 1. The molecule has 6 atom stereocenters. The van der Waals surface area contributed by atoms with Crippen LogP contribution in [0.25, 0.3) is 0 Å². The van der Waals surface area contributed by atoms with Crippen LogP contribution in [0.1, 0.15) is 67.1 Å². The molecule has 0 aromatic carbocycles. The molecule has 2 N–H and O–H groups in total. The minimum Gasteiger partial charge on any atom is -0.395 e. The minimum absolute atomic E-state index is 0.0910. The van der Waals surface area contributed by atoms with Crippen LogP contribution in [0.3, 0.4) is 0 Å². The summed E-state index contributed by atoms with van der Waals surface area (Å²) in [6, 6.07) is 2.26. The average Bonchev–Trinajstić information content (AvgIpc) is 3.31. The molecule has 0 radical (unpaired) electrons. The van der Waals surface area contributed by atoms with Gasteiger partial charge in [0.1, 0.15) is 5.76 Å². The molecule has 6 rings (SSSR count). The molecule has 35 heavy (non-hydrogen) atoms. The van der Waals surface area contributed by atoms with E-state index in [4.69, 9.17) is 9.63 Å². The van der Waals surface area contributed by atoms with Crippen molar-refractivity contribution in [3.63, 3.8) is 0 Å². The van der Waals surface area contributed by atoms with Crippen molar-refractivity contribution in [2.75, 3.05) is 45.6 Å². The molecule has 0 spiro atoms. The maximum Gasteiger partial charge on any atom is 0.273 e. The first-order chi connectivity index (χ1) is 16.8. The number of sulfone groups is 1. The van der Waals surface area contributed by atoms with Crippen LogP contribution in [0.4, 0.5) is 0 Å². The van der Waals surface area contributed by atoms with Crippen molar-refractivity contribution >= 4 is 15.7 Å². The van der Waals surface area contributed by atoms with Gasteiger partial charge in [0, 0.05) is 43.7 Å². The number of likely N-dealkylation sites (tertiary alicyclic amines) is 1. The molecule has 5 aliphatic rings. The van der Waals surface area contributed by atoms with Gasteiger partial charge in [-0.15, -0.1) is 0 Å². The number of carbonyl (C=O) groups is 1. The van der Waals surface area contributed by atoms with E-state index in [-0.39, 0.29) is 30.2 Å². The van der Waals surface area contributed by atoms with Crippen LogP contribution in [0.2, 0.25) is 0 Å². The second kappa shape index (κ2) is 8.82. The number of hydrogen-bond donors (Lipinski definition) is 2. The average molecular weight is 507 g/mol. The fourth-order valence-corrected chi connectivity index (χ4v) is 10.3. The van der Waals surface area contributed by atoms with Crippen LogP contribution >= 0.6 is 0 Å². The Hall–Kier alpha value is -1.49. The van der Waals surface area contributed by atoms with Gasteiger partial charge in [-0.05, 0) is 76.3 Å². The van der Waals surface area contributed by atoms with Crippen LogP contribution in [0, 0.1) is 17.8 Å². The second-order valence-corrected chi connectivity index (χ2v) is 14.3. The number of nitrogens with one attached hydrogen (secondary N) is 1. The normalized spacial score (nSPS) is 36.5. The van der Waals surface area contributed by atoms with Crippen LogP contribution in [-0.2, 0) is 9.84 Å². The van der Waals surface area contributed by atoms with Gasteiger partial charge in [0.05, 0.1) is 17.1 Å². The number of aromatic nitrogens is 1. The number of amides is 1. The molecule has 9 nitrogen and oxygen atoms in total. The molecular weight excluding hydrogens is 468 g/mol. The second-order valence-electron chi connectivity index (χ2n) is 11.8. The zero-order valence-corrected chi connectivity index (χ0v) is 21.4. The Balaban J connectivity index is 0.998. The van der Waals surface area contributed by atoms with Crippen LogP contribution < -0.4 is 5.32 Å². The Kier molecular flexibility index (Phi) is 6.02. The van der Waals surface area contributed by atoms with E-state index >= 15 is 0 Å². The summed E-state index contributed by atoms with van der Waals surface area (Å²) in [6.07, 6.45) is 6.47. The quantitative estimate of drug-likeness (QED) is 0.487. The first kappa shape index (κ1) is 23.9. The molecule has 10 heteroatoms. The number of likely N-dealkylation sites (N-methyl/N-ethyl adjacent to an activating group) is 1. The number of aliphatic hydroxyl groups is 1. The van der Waals surface area contributed by atoms with Crippen molar-refractivity contribution in [2.24, 2.45) is 17.8 Å². The molecule has 1 aromatic rings. The van der Waals surface area contributed by atoms with Crippen molar-refractivity contribution in [3.8, 4) is 0 Å². The third-order valence-electron chi connectivity index (χ3n) is 9.71. The third kappa shape index (κ3) is 4.14. The van der Waals surface area contributed by atoms with Gasteiger partial charge in [0.2, 0.25) is 0 Å². The Labute approximate surface area is 207 Å². The van der Waals surface area contributed by atoms with Crippen LogP contribution in [0.15, 0.2) is 10.6 Å². The van der Waals surface area contributed by atoms with E-state index < -0.39 is 14.6 Å². The smallest absolute Gasteiger partial charge is 0.273 e. The number of rotatable bonds is 10. The Morgan fingerprint density at radius 3 is 2.71 bits per heavy atom. The molecule has 2 heterocycles. The summed E-state index contributed by atoms with van der Waals surface area (Å²) in [4.78, 5) is 17.1. The molecule has 1 amide bonds. The van der Waals surface area contributed by atoms with E-state index in [1.165, 1.54) is 0 Å². The zero-order valence-electron chi connectivity index (χ0n) is 20.6. The van der Waals surface area contributed by atoms with E-state index in [9.17, 15) is 13.2 Å². The lowest BCUT2D eigenvalue weighted by Gasteiger charge is -2.69. The lowest BCUT2D eigenvalue weighted by Crippen LogP contribution is -2.73. The van der Waals surface area contributed by atoms with Crippen molar-refractivity contribution < 1.29 is 22.8 Å². The molecule has 0 bridgehead atoms. The topological polar surface area (TPSA) is 116 Å². The van der Waals surface area contributed by atoms with E-state index in [1.54, 1.807) is 6.07 Å². The van der Waals surface area contributed by atoms with Gasteiger partial charge in [-0.3, -0.25) is 9.69 Å². The largest absolute Gasteiger partial charge is 0.395 e. The number of aliphatic hydroxyl groups excluding tert-OH is 1. The van der Waals surface area contributed by atoms with Gasteiger partial charge in [-0.2, -0.15) is 0 Å². The first-order valence-corrected chi connectivity index (χ1v) is 15.0. The summed E-state index contributed by atoms with van der Waals surface area (Å²) < 4.78 is 31.7. The monoisotopic (exact) mass is 506 g/mol. The third-order valence-corrected chi connectivity index (χ3v) is 12.3. The van der Waals surface area contributed by atoms with Crippen LogP contribution in [0.5, 0.6) is 0 Å². The Morgan fingerprint density at radius 1 is 1.29 bits per heavy atom. The van der Waals surface area contributed by atoms with Gasteiger partial charge < -0.3 is 19.8 Å². The predicted octanol–water partition coefficient (Wildman–Crippen LogP) is 1.25. The molecule has 4 saturated carbocycles. The summed E-state index contributed by atoms with van der Waals surface area (Å²) in [5.74, 6) is 2.38. The summed E-state index contributed by atoms with van der Waals surface area (Å²) in [5.41, 5.74) is 0.361. The summed E-state index contributed by atoms with van der Waals surface area (Å²) in [5, 5.41) is 16.3. The summed E-state index contributed by atoms with van der Waals surface area (Å²) in [7, 11) is -1.12. The van der Waals surface area contributed by atoms with Crippen LogP contribution in [-0.4, -0.2) is 96.8 Å². The van der Waals surface area contributed by atoms with Gasteiger partial charge in [0.15, 0.2) is 15.5 Å². The fraction of sp³-hybridized carbons (Fsp3) is 0.840. The SMILES string of the molecule is CN(CCO)C1CCN(CCS(=O)(=O)C23C[C@H]4CC(NC(=O)c5cc(C6CC6)on5)C[C@@H](C2)C43)C1. The molecule has 194 valence electrons. The molecule has 1 saturated heterocycles. The fourth-order valence-electron chi connectivity index (χ4n) is 7.67. The maximum atomic E-state index is 13.5. The van der Waals surface area contributed by atoms with Gasteiger partial charge >= 0.3 is 0 Å². The highest BCUT2D eigenvalue weighted by atomic mass is 32.2. The minimum atomic E-state index is -3.15. The van der Waals surface area contributed by atoms with Crippen molar-refractivity contribution in [3.05, 3.63) is 17.5 Å².